The minimum atomic E-state index is -1.13. The maximum atomic E-state index is 5.90. The number of halogens is 1. The van der Waals surface area contributed by atoms with Crippen molar-refractivity contribution in [2.45, 2.75) is 58.1 Å². The highest BCUT2D eigenvalue weighted by atomic mass is 79.9. The number of aryl methyl sites for hydroxylation is 1. The topological polar surface area (TPSA) is 87.8 Å². The van der Waals surface area contributed by atoms with Crippen molar-refractivity contribution in [3.05, 3.63) is 22.3 Å². The molecule has 0 spiro atoms. The van der Waals surface area contributed by atoms with E-state index in [1.54, 1.807) is 13.4 Å². The van der Waals surface area contributed by atoms with Gasteiger partial charge in [-0.25, -0.2) is 24.6 Å². The zero-order valence-electron chi connectivity index (χ0n) is 18.1. The zero-order chi connectivity index (χ0) is 21.5. The van der Waals surface area contributed by atoms with E-state index in [2.05, 4.69) is 50.6 Å². The number of aromatic nitrogens is 6. The molecule has 3 aromatic heterocycles. The van der Waals surface area contributed by atoms with Gasteiger partial charge >= 0.3 is 0 Å². The van der Waals surface area contributed by atoms with Gasteiger partial charge in [-0.05, 0) is 41.7 Å². The fourth-order valence-electron chi connectivity index (χ4n) is 3.37. The van der Waals surface area contributed by atoms with E-state index in [9.17, 15) is 0 Å². The van der Waals surface area contributed by atoms with Gasteiger partial charge in [0.1, 0.15) is 29.7 Å². The van der Waals surface area contributed by atoms with Gasteiger partial charge in [0, 0.05) is 20.6 Å². The first kappa shape index (κ1) is 21.3. The van der Waals surface area contributed by atoms with Gasteiger partial charge in [0.25, 0.3) is 0 Å². The van der Waals surface area contributed by atoms with Gasteiger partial charge in [0.15, 0.2) is 10.4 Å². The second kappa shape index (κ2) is 8.31. The zero-order valence-corrected chi connectivity index (χ0v) is 20.7. The minimum Gasteiger partial charge on any atom is -0.480 e. The lowest BCUT2D eigenvalue weighted by Crippen LogP contribution is -2.22. The van der Waals surface area contributed by atoms with E-state index in [0.29, 0.717) is 29.0 Å². The second-order valence-corrected chi connectivity index (χ2v) is 15.3. The summed E-state index contributed by atoms with van der Waals surface area (Å²) in [6, 6.07) is 1.12. The Kier molecular flexibility index (Phi) is 5.91. The molecule has 0 unspecified atom stereocenters. The van der Waals surface area contributed by atoms with Crippen LogP contribution in [0.3, 0.4) is 0 Å². The predicted molar refractivity (Wildman–Crippen MR) is 121 cm³/mol. The van der Waals surface area contributed by atoms with Gasteiger partial charge < -0.3 is 9.47 Å². The van der Waals surface area contributed by atoms with Gasteiger partial charge in [0.05, 0.1) is 18.5 Å². The van der Waals surface area contributed by atoms with Gasteiger partial charge in [-0.2, -0.15) is 5.10 Å². The van der Waals surface area contributed by atoms with E-state index in [1.165, 1.54) is 0 Å². The lowest BCUT2D eigenvalue weighted by atomic mass is 10.1. The van der Waals surface area contributed by atoms with Crippen molar-refractivity contribution in [1.82, 2.24) is 29.7 Å². The number of fused-ring (bicyclic) bond motifs is 1. The highest BCUT2D eigenvalue weighted by Gasteiger charge is 2.32. The van der Waals surface area contributed by atoms with Crippen LogP contribution in [-0.4, -0.2) is 51.5 Å². The lowest BCUT2D eigenvalue weighted by Gasteiger charge is -2.15. The molecule has 30 heavy (non-hydrogen) atoms. The van der Waals surface area contributed by atoms with Gasteiger partial charge in [-0.3, -0.25) is 0 Å². The van der Waals surface area contributed by atoms with Crippen molar-refractivity contribution in [2.75, 3.05) is 13.7 Å². The molecule has 0 aromatic carbocycles. The largest absolute Gasteiger partial charge is 0.480 e. The molecule has 3 heterocycles. The quantitative estimate of drug-likeness (QED) is 0.337. The molecule has 4 rings (SSSR count). The van der Waals surface area contributed by atoms with E-state index < -0.39 is 8.07 Å². The Morgan fingerprint density at radius 3 is 2.63 bits per heavy atom. The molecular weight excluding hydrogens is 464 g/mol. The first-order valence-corrected chi connectivity index (χ1v) is 14.7. The number of nitrogens with zero attached hydrogens (tertiary/aromatic N) is 6. The molecule has 1 saturated carbocycles. The fourth-order valence-corrected chi connectivity index (χ4v) is 4.60. The summed E-state index contributed by atoms with van der Waals surface area (Å²) < 4.78 is 13.9. The SMILES string of the molecule is COc1ncnc(C2CC2)c1-c1nc(C)c2c(n1)c(Br)nn2COCC[Si](C)(C)C. The number of methoxy groups -OCH3 is 1. The smallest absolute Gasteiger partial charge is 0.227 e. The number of hydrogen-bond acceptors (Lipinski definition) is 7. The summed E-state index contributed by atoms with van der Waals surface area (Å²) in [6.07, 6.45) is 3.78. The van der Waals surface area contributed by atoms with Crippen LogP contribution in [0.4, 0.5) is 0 Å². The molecule has 10 heteroatoms. The average molecular weight is 491 g/mol. The van der Waals surface area contributed by atoms with Crippen LogP contribution >= 0.6 is 15.9 Å². The summed E-state index contributed by atoms with van der Waals surface area (Å²) in [6.45, 7) is 10.1. The molecule has 0 radical (unpaired) electrons. The van der Waals surface area contributed by atoms with Gasteiger partial charge in [0.2, 0.25) is 5.88 Å². The molecule has 0 amide bonds. The van der Waals surface area contributed by atoms with Crippen LogP contribution in [0, 0.1) is 6.92 Å². The second-order valence-electron chi connectivity index (χ2n) is 8.89. The van der Waals surface area contributed by atoms with Crippen LogP contribution in [-0.2, 0) is 11.5 Å². The summed E-state index contributed by atoms with van der Waals surface area (Å²) in [5.41, 5.74) is 4.17. The Morgan fingerprint density at radius 2 is 1.97 bits per heavy atom. The fraction of sp³-hybridized carbons (Fsp3) is 0.550. The van der Waals surface area contributed by atoms with Crippen LogP contribution in [0.25, 0.3) is 22.4 Å². The van der Waals surface area contributed by atoms with Crippen molar-refractivity contribution in [1.29, 1.82) is 0 Å². The number of hydrogen-bond donors (Lipinski definition) is 0. The molecule has 0 bridgehead atoms. The van der Waals surface area contributed by atoms with E-state index in [4.69, 9.17) is 19.4 Å². The molecule has 0 atom stereocenters. The lowest BCUT2D eigenvalue weighted by molar-refractivity contribution is 0.0813. The van der Waals surface area contributed by atoms with E-state index in [1.807, 2.05) is 11.6 Å². The highest BCUT2D eigenvalue weighted by Crippen LogP contribution is 2.45. The number of rotatable bonds is 8. The molecule has 1 fully saturated rings. The van der Waals surface area contributed by atoms with Crippen LogP contribution in [0.2, 0.25) is 25.7 Å². The molecule has 1 aliphatic carbocycles. The van der Waals surface area contributed by atoms with Crippen molar-refractivity contribution in [2.24, 2.45) is 0 Å². The molecular formula is C20H27BrN6O2Si. The van der Waals surface area contributed by atoms with Crippen molar-refractivity contribution in [3.8, 4) is 17.3 Å². The van der Waals surface area contributed by atoms with Gasteiger partial charge in [-0.1, -0.05) is 19.6 Å². The standard InChI is InChI=1S/C20H27BrN6O2Si/c1-12-17-16(18(21)26-27(17)11-29-8-9-30(3,4)5)25-19(24-12)14-15(13-6-7-13)22-10-23-20(14)28-2/h10,13H,6-9,11H2,1-5H3. The van der Waals surface area contributed by atoms with Crippen molar-refractivity contribution in [3.63, 3.8) is 0 Å². The first-order chi connectivity index (χ1) is 14.3. The van der Waals surface area contributed by atoms with Crippen LogP contribution < -0.4 is 4.74 Å². The average Bonchev–Trinajstić information content (AvgIpc) is 3.48. The Bertz CT molecular complexity index is 1080. The maximum absolute atomic E-state index is 5.90. The summed E-state index contributed by atoms with van der Waals surface area (Å²) in [5, 5.41) is 4.59. The molecule has 160 valence electrons. The summed E-state index contributed by atoms with van der Waals surface area (Å²) in [7, 11) is 0.480. The van der Waals surface area contributed by atoms with Gasteiger partial charge in [-0.15, -0.1) is 0 Å². The molecule has 0 aliphatic heterocycles. The molecule has 1 aliphatic rings. The third-order valence-electron chi connectivity index (χ3n) is 5.15. The van der Waals surface area contributed by atoms with Crippen molar-refractivity contribution < 1.29 is 9.47 Å². The Hall–Kier alpha value is -1.91. The molecule has 0 saturated heterocycles. The molecule has 8 nitrogen and oxygen atoms in total. The third kappa shape index (κ3) is 4.40. The highest BCUT2D eigenvalue weighted by molar-refractivity contribution is 9.10. The molecule has 3 aromatic rings. The van der Waals surface area contributed by atoms with Crippen molar-refractivity contribution >= 4 is 35.0 Å². The van der Waals surface area contributed by atoms with Crippen LogP contribution in [0.5, 0.6) is 5.88 Å². The monoisotopic (exact) mass is 490 g/mol. The Balaban J connectivity index is 1.70. The normalized spacial score (nSPS) is 14.5. The predicted octanol–water partition coefficient (Wildman–Crippen LogP) is 4.55. The van der Waals surface area contributed by atoms with Crippen LogP contribution in [0.1, 0.15) is 30.1 Å². The minimum absolute atomic E-state index is 0.376. The first-order valence-electron chi connectivity index (χ1n) is 10.2. The summed E-state index contributed by atoms with van der Waals surface area (Å²) in [4.78, 5) is 18.4. The Labute approximate surface area is 185 Å². The number of ether oxygens (including phenoxy) is 2. The van der Waals surface area contributed by atoms with E-state index in [0.717, 1.165) is 53.5 Å². The third-order valence-corrected chi connectivity index (χ3v) is 7.39. The van der Waals surface area contributed by atoms with E-state index in [-0.39, 0.29) is 0 Å². The maximum Gasteiger partial charge on any atom is 0.227 e. The summed E-state index contributed by atoms with van der Waals surface area (Å²) >= 11 is 3.56. The Morgan fingerprint density at radius 1 is 1.20 bits per heavy atom. The molecule has 0 N–H and O–H groups in total. The summed E-state index contributed by atoms with van der Waals surface area (Å²) in [5.74, 6) is 1.49. The van der Waals surface area contributed by atoms with E-state index >= 15 is 0 Å². The van der Waals surface area contributed by atoms with Crippen LogP contribution in [0.15, 0.2) is 10.9 Å².